The predicted molar refractivity (Wildman–Crippen MR) is 247 cm³/mol. The van der Waals surface area contributed by atoms with E-state index in [9.17, 15) is 5.11 Å². The van der Waals surface area contributed by atoms with Crippen molar-refractivity contribution in [3.8, 4) is 28.0 Å². The zero-order valence-electron chi connectivity index (χ0n) is 33.5. The van der Waals surface area contributed by atoms with E-state index in [0.717, 1.165) is 22.6 Å². The number of hydrogen-bond donors (Lipinski definition) is 1. The lowest BCUT2D eigenvalue weighted by Crippen LogP contribution is -2.29. The first kappa shape index (κ1) is 35.3. The number of para-hydroxylation sites is 1. The maximum atomic E-state index is 10.7. The van der Waals surface area contributed by atoms with Crippen molar-refractivity contribution in [1.29, 1.82) is 0 Å². The van der Waals surface area contributed by atoms with E-state index in [2.05, 4.69) is 195 Å². The summed E-state index contributed by atoms with van der Waals surface area (Å²) < 4.78 is 0. The lowest BCUT2D eigenvalue weighted by atomic mass is 9.66. The normalized spacial score (nSPS) is 15.8. The molecule has 9 aromatic carbocycles. The van der Waals surface area contributed by atoms with Crippen molar-refractivity contribution < 1.29 is 5.11 Å². The van der Waals surface area contributed by atoms with Gasteiger partial charge in [0.1, 0.15) is 5.75 Å². The van der Waals surface area contributed by atoms with Crippen molar-refractivity contribution in [1.82, 2.24) is 0 Å². The van der Waals surface area contributed by atoms with Gasteiger partial charge in [0.2, 0.25) is 0 Å². The molecule has 1 saturated carbocycles. The van der Waals surface area contributed by atoms with E-state index in [1.807, 2.05) is 12.1 Å². The number of nitrogens with zero attached hydrogens (tertiary/aromatic N) is 1. The number of phenols is 1. The van der Waals surface area contributed by atoms with Gasteiger partial charge in [0.15, 0.2) is 0 Å². The molecule has 0 radical (unpaired) electrons. The first-order valence-corrected chi connectivity index (χ1v) is 21.0. The topological polar surface area (TPSA) is 23.5 Å². The number of hydrogen-bond acceptors (Lipinski definition) is 2. The number of anilines is 3. The third-order valence-corrected chi connectivity index (χ3v) is 13.4. The number of aromatic hydroxyl groups is 1. The summed E-state index contributed by atoms with van der Waals surface area (Å²) in [6.07, 6.45) is 3.83. The van der Waals surface area contributed by atoms with Crippen LogP contribution in [0.25, 0.3) is 43.8 Å². The van der Waals surface area contributed by atoms with Gasteiger partial charge in [-0.3, -0.25) is 0 Å². The number of fused-ring (bicyclic) bond motifs is 6. The lowest BCUT2D eigenvalue weighted by Gasteiger charge is -2.36. The zero-order valence-corrected chi connectivity index (χ0v) is 33.5. The molecule has 0 saturated heterocycles. The van der Waals surface area contributed by atoms with Crippen molar-refractivity contribution in [2.45, 2.75) is 44.4 Å². The zero-order chi connectivity index (χ0) is 39.7. The molecule has 2 aliphatic rings. The highest BCUT2D eigenvalue weighted by Crippen LogP contribution is 2.60. The number of aryl methyl sites for hydroxylation is 1. The van der Waals surface area contributed by atoms with Gasteiger partial charge in [0.25, 0.3) is 0 Å². The van der Waals surface area contributed by atoms with E-state index >= 15 is 0 Å². The summed E-state index contributed by atoms with van der Waals surface area (Å²) in [7, 11) is 0. The van der Waals surface area contributed by atoms with Crippen LogP contribution in [0.5, 0.6) is 5.75 Å². The monoisotopic (exact) mass is 759 g/mol. The molecule has 0 aromatic heterocycles. The van der Waals surface area contributed by atoms with Crippen LogP contribution in [0.4, 0.5) is 17.1 Å². The van der Waals surface area contributed by atoms with Crippen LogP contribution in [0.2, 0.25) is 0 Å². The van der Waals surface area contributed by atoms with Gasteiger partial charge in [-0.25, -0.2) is 0 Å². The summed E-state index contributed by atoms with van der Waals surface area (Å²) >= 11 is 0. The largest absolute Gasteiger partial charge is 0.508 e. The van der Waals surface area contributed by atoms with Crippen molar-refractivity contribution in [2.75, 3.05) is 4.90 Å². The van der Waals surface area contributed by atoms with Crippen LogP contribution in [0, 0.1) is 13.8 Å². The molecule has 1 fully saturated rings. The smallest absolute Gasteiger partial charge is 0.115 e. The predicted octanol–water partition coefficient (Wildman–Crippen LogP) is 15.1. The molecule has 2 heteroatoms. The first-order valence-electron chi connectivity index (χ1n) is 21.0. The fraction of sp³-hybridized carbons (Fsp3) is 0.123. The van der Waals surface area contributed by atoms with Crippen LogP contribution in [0.15, 0.2) is 188 Å². The lowest BCUT2D eigenvalue weighted by molar-refractivity contribution is 0.419. The maximum Gasteiger partial charge on any atom is 0.115 e. The van der Waals surface area contributed by atoms with Crippen LogP contribution in [0.1, 0.15) is 64.1 Å². The minimum atomic E-state index is -0.649. The molecule has 2 aliphatic carbocycles. The van der Waals surface area contributed by atoms with E-state index in [-0.39, 0.29) is 5.75 Å². The summed E-state index contributed by atoms with van der Waals surface area (Å²) in [5.74, 6) is 0.907. The fourth-order valence-electron chi connectivity index (χ4n) is 10.3. The highest BCUT2D eigenvalue weighted by Gasteiger charge is 2.47. The van der Waals surface area contributed by atoms with Crippen LogP contribution >= 0.6 is 0 Å². The van der Waals surface area contributed by atoms with Crippen LogP contribution in [-0.4, -0.2) is 5.11 Å². The quantitative estimate of drug-likeness (QED) is 0.175. The number of phenolic OH excluding ortho intramolecular Hbond substituents is 1. The minimum Gasteiger partial charge on any atom is -0.508 e. The molecule has 1 atom stereocenters. The summed E-state index contributed by atoms with van der Waals surface area (Å²) in [5, 5.41) is 15.6. The molecule has 2 nitrogen and oxygen atoms in total. The molecular weight excluding hydrogens is 715 g/mol. The molecule has 0 amide bonds. The molecule has 11 rings (SSSR count). The van der Waals surface area contributed by atoms with Gasteiger partial charge in [-0.1, -0.05) is 164 Å². The van der Waals surface area contributed by atoms with Crippen molar-refractivity contribution in [3.05, 3.63) is 227 Å². The Bertz CT molecular complexity index is 3050. The standard InChI is InChI=1S/C57H45NO/c1-37-25-34-51-52(35-37)57(43-30-32-45(59)33-31-43,42-28-26-40(27-29-42)39-14-10-15-39)53-36-55(49-20-8-9-21-50(49)56(51)53)58(44-17-4-3-5-18-44)54-24-12-22-46(38(54)2)48-23-11-16-41-13-6-7-19-47(41)48/h3-9,11-13,16-36,39,59H,10,14-15H2,1-2H3. The Morgan fingerprint density at radius 2 is 1.15 bits per heavy atom. The van der Waals surface area contributed by atoms with E-state index < -0.39 is 5.41 Å². The Labute approximate surface area is 346 Å². The summed E-state index contributed by atoms with van der Waals surface area (Å²) in [6.45, 7) is 4.48. The van der Waals surface area contributed by atoms with E-state index in [1.165, 1.54) is 96.4 Å². The maximum absolute atomic E-state index is 10.7. The van der Waals surface area contributed by atoms with Gasteiger partial charge < -0.3 is 10.0 Å². The second-order valence-electron chi connectivity index (χ2n) is 16.6. The van der Waals surface area contributed by atoms with Crippen LogP contribution in [0.3, 0.4) is 0 Å². The molecule has 9 aromatic rings. The van der Waals surface area contributed by atoms with Gasteiger partial charge in [-0.2, -0.15) is 0 Å². The third kappa shape index (κ3) is 5.47. The number of benzene rings is 9. The SMILES string of the molecule is Cc1ccc2c(c1)C(c1ccc(O)cc1)(c1ccc(C3CCC3)cc1)c1cc(N(c3ccccc3)c3cccc(-c4cccc5ccccc45)c3C)c3ccccc3c1-2. The molecule has 1 unspecified atom stereocenters. The fourth-order valence-corrected chi connectivity index (χ4v) is 10.3. The van der Waals surface area contributed by atoms with Gasteiger partial charge in [0.05, 0.1) is 11.1 Å². The Balaban J connectivity index is 1.24. The molecular formula is C57H45NO. The van der Waals surface area contributed by atoms with Crippen molar-refractivity contribution in [2.24, 2.45) is 0 Å². The highest BCUT2D eigenvalue weighted by atomic mass is 16.3. The minimum absolute atomic E-state index is 0.267. The molecule has 284 valence electrons. The van der Waals surface area contributed by atoms with Crippen LogP contribution < -0.4 is 4.90 Å². The van der Waals surface area contributed by atoms with Gasteiger partial charge in [-0.15, -0.1) is 0 Å². The van der Waals surface area contributed by atoms with Crippen molar-refractivity contribution >= 4 is 38.6 Å². The van der Waals surface area contributed by atoms with Crippen LogP contribution in [-0.2, 0) is 5.41 Å². The first-order chi connectivity index (χ1) is 29.0. The van der Waals surface area contributed by atoms with E-state index in [1.54, 1.807) is 0 Å². The average Bonchev–Trinajstić information content (AvgIpc) is 3.54. The average molecular weight is 760 g/mol. The molecule has 59 heavy (non-hydrogen) atoms. The van der Waals surface area contributed by atoms with Crippen molar-refractivity contribution in [3.63, 3.8) is 0 Å². The molecule has 0 spiro atoms. The van der Waals surface area contributed by atoms with E-state index in [0.29, 0.717) is 5.92 Å². The Morgan fingerprint density at radius 1 is 0.508 bits per heavy atom. The molecule has 1 N–H and O–H groups in total. The Hall–Kier alpha value is -6.90. The third-order valence-electron chi connectivity index (χ3n) is 13.4. The number of rotatable bonds is 7. The van der Waals surface area contributed by atoms with Gasteiger partial charge in [-0.05, 0) is 141 Å². The van der Waals surface area contributed by atoms with Gasteiger partial charge >= 0.3 is 0 Å². The second kappa shape index (κ2) is 13.9. The summed E-state index contributed by atoms with van der Waals surface area (Å²) in [5.41, 5.74) is 16.5. The van der Waals surface area contributed by atoms with E-state index in [4.69, 9.17) is 0 Å². The molecule has 0 aliphatic heterocycles. The summed E-state index contributed by atoms with van der Waals surface area (Å²) in [6, 6.07) is 69.0. The second-order valence-corrected chi connectivity index (χ2v) is 16.6. The van der Waals surface area contributed by atoms with Gasteiger partial charge in [0, 0.05) is 16.8 Å². The Morgan fingerprint density at radius 3 is 1.90 bits per heavy atom. The Kier molecular flexibility index (Phi) is 8.30. The summed E-state index contributed by atoms with van der Waals surface area (Å²) in [4.78, 5) is 2.49. The molecule has 0 heterocycles. The molecule has 0 bridgehead atoms. The highest BCUT2D eigenvalue weighted by molar-refractivity contribution is 6.11.